The van der Waals surface area contributed by atoms with Crippen LogP contribution >= 0.6 is 0 Å². The van der Waals surface area contributed by atoms with E-state index in [1.165, 1.54) is 0 Å². The second kappa shape index (κ2) is 6.24. The van der Waals surface area contributed by atoms with Crippen LogP contribution in [0.5, 0.6) is 5.75 Å². The molecule has 0 aliphatic rings. The lowest BCUT2D eigenvalue weighted by molar-refractivity contribution is -0.121. The number of ether oxygens (including phenoxy) is 2. The lowest BCUT2D eigenvalue weighted by Gasteiger charge is -2.08. The van der Waals surface area contributed by atoms with Gasteiger partial charge in [-0.3, -0.25) is 4.79 Å². The number of hydrogen-bond donors (Lipinski definition) is 1. The molecule has 5 nitrogen and oxygen atoms in total. The summed E-state index contributed by atoms with van der Waals surface area (Å²) in [7, 11) is 3.27. The van der Waals surface area contributed by atoms with Crippen molar-refractivity contribution >= 4 is 16.8 Å². The monoisotopic (exact) mass is 262 g/mol. The molecule has 1 N–H and O–H groups in total. The second-order valence-electron chi connectivity index (χ2n) is 4.18. The SMILES string of the molecule is CNC(=O)Cn1ccc2ccc(OCCOC)cc21. The molecule has 2 rings (SSSR count). The molecule has 0 radical (unpaired) electrons. The van der Waals surface area contributed by atoms with Crippen LogP contribution in [0.15, 0.2) is 30.5 Å². The number of nitrogens with one attached hydrogen (secondary N) is 1. The van der Waals surface area contributed by atoms with E-state index in [-0.39, 0.29) is 5.91 Å². The number of carbonyl (C=O) groups excluding carboxylic acids is 1. The maximum Gasteiger partial charge on any atom is 0.239 e. The van der Waals surface area contributed by atoms with Crippen LogP contribution in [0, 0.1) is 0 Å². The average Bonchev–Trinajstić information content (AvgIpc) is 2.82. The Labute approximate surface area is 112 Å². The molecule has 0 saturated carbocycles. The maximum atomic E-state index is 11.4. The predicted octanol–water partition coefficient (Wildman–Crippen LogP) is 1.41. The van der Waals surface area contributed by atoms with Gasteiger partial charge in [-0.1, -0.05) is 0 Å². The zero-order chi connectivity index (χ0) is 13.7. The summed E-state index contributed by atoms with van der Waals surface area (Å²) in [6, 6.07) is 7.82. The van der Waals surface area contributed by atoms with Crippen molar-refractivity contribution in [2.75, 3.05) is 27.4 Å². The summed E-state index contributed by atoms with van der Waals surface area (Å²) in [5, 5.41) is 3.70. The fourth-order valence-corrected chi connectivity index (χ4v) is 1.87. The molecule has 5 heteroatoms. The molecule has 1 aromatic carbocycles. The lowest BCUT2D eigenvalue weighted by atomic mass is 10.2. The summed E-state index contributed by atoms with van der Waals surface area (Å²) >= 11 is 0. The van der Waals surface area contributed by atoms with Crippen molar-refractivity contribution in [3.05, 3.63) is 30.5 Å². The minimum absolute atomic E-state index is 0.0248. The fraction of sp³-hybridized carbons (Fsp3) is 0.357. The van der Waals surface area contributed by atoms with Crippen molar-refractivity contribution in [2.45, 2.75) is 6.54 Å². The number of nitrogens with zero attached hydrogens (tertiary/aromatic N) is 1. The van der Waals surface area contributed by atoms with Crippen LogP contribution < -0.4 is 10.1 Å². The van der Waals surface area contributed by atoms with Crippen LogP contribution in [-0.4, -0.2) is 37.8 Å². The molecule has 102 valence electrons. The van der Waals surface area contributed by atoms with Crippen molar-refractivity contribution in [3.8, 4) is 5.75 Å². The van der Waals surface area contributed by atoms with Crippen LogP contribution in [0.4, 0.5) is 0 Å². The van der Waals surface area contributed by atoms with Crippen LogP contribution in [0.3, 0.4) is 0 Å². The number of carbonyl (C=O) groups is 1. The van der Waals surface area contributed by atoms with Crippen molar-refractivity contribution in [1.82, 2.24) is 9.88 Å². The van der Waals surface area contributed by atoms with Crippen LogP contribution in [0.2, 0.25) is 0 Å². The first-order chi connectivity index (χ1) is 9.24. The first-order valence-electron chi connectivity index (χ1n) is 6.16. The molecular weight excluding hydrogens is 244 g/mol. The molecule has 0 saturated heterocycles. The lowest BCUT2D eigenvalue weighted by Crippen LogP contribution is -2.22. The molecule has 1 amide bonds. The van der Waals surface area contributed by atoms with E-state index >= 15 is 0 Å². The Bertz CT molecular complexity index is 563. The summed E-state index contributed by atoms with van der Waals surface area (Å²) in [5.74, 6) is 0.754. The van der Waals surface area contributed by atoms with Gasteiger partial charge < -0.3 is 19.4 Å². The molecule has 1 aromatic heterocycles. The first kappa shape index (κ1) is 13.4. The Morgan fingerprint density at radius 2 is 2.16 bits per heavy atom. The molecule has 19 heavy (non-hydrogen) atoms. The highest BCUT2D eigenvalue weighted by Gasteiger charge is 2.06. The largest absolute Gasteiger partial charge is 0.491 e. The highest BCUT2D eigenvalue weighted by atomic mass is 16.5. The van der Waals surface area contributed by atoms with Crippen molar-refractivity contribution in [3.63, 3.8) is 0 Å². The number of benzene rings is 1. The highest BCUT2D eigenvalue weighted by Crippen LogP contribution is 2.22. The van der Waals surface area contributed by atoms with E-state index in [2.05, 4.69) is 5.32 Å². The average molecular weight is 262 g/mol. The summed E-state index contributed by atoms with van der Waals surface area (Å²) in [6.45, 7) is 1.37. The Kier molecular flexibility index (Phi) is 4.41. The quantitative estimate of drug-likeness (QED) is 0.801. The van der Waals surface area contributed by atoms with Gasteiger partial charge in [0, 0.05) is 26.4 Å². The third-order valence-electron chi connectivity index (χ3n) is 2.89. The third kappa shape index (κ3) is 3.26. The minimum Gasteiger partial charge on any atom is -0.491 e. The molecule has 0 atom stereocenters. The summed E-state index contributed by atoms with van der Waals surface area (Å²) in [4.78, 5) is 11.4. The van der Waals surface area contributed by atoms with Gasteiger partial charge in [-0.15, -0.1) is 0 Å². The van der Waals surface area contributed by atoms with Crippen molar-refractivity contribution in [1.29, 1.82) is 0 Å². The highest BCUT2D eigenvalue weighted by molar-refractivity contribution is 5.84. The van der Waals surface area contributed by atoms with Gasteiger partial charge in [0.05, 0.1) is 12.1 Å². The number of methoxy groups -OCH3 is 1. The Morgan fingerprint density at radius 3 is 2.89 bits per heavy atom. The van der Waals surface area contributed by atoms with Gasteiger partial charge in [0.1, 0.15) is 18.9 Å². The Morgan fingerprint density at radius 1 is 1.32 bits per heavy atom. The minimum atomic E-state index is -0.0248. The molecule has 0 aliphatic heterocycles. The summed E-state index contributed by atoms with van der Waals surface area (Å²) < 4.78 is 12.4. The maximum absolute atomic E-state index is 11.4. The number of rotatable bonds is 6. The van der Waals surface area contributed by atoms with E-state index in [0.29, 0.717) is 19.8 Å². The zero-order valence-corrected chi connectivity index (χ0v) is 11.2. The van der Waals surface area contributed by atoms with Gasteiger partial charge in [-0.2, -0.15) is 0 Å². The second-order valence-corrected chi connectivity index (χ2v) is 4.18. The van der Waals surface area contributed by atoms with Gasteiger partial charge in [0.2, 0.25) is 5.91 Å². The van der Waals surface area contributed by atoms with Crippen LogP contribution in [-0.2, 0) is 16.1 Å². The third-order valence-corrected chi connectivity index (χ3v) is 2.89. The normalized spacial score (nSPS) is 10.6. The van der Waals surface area contributed by atoms with E-state index in [4.69, 9.17) is 9.47 Å². The van der Waals surface area contributed by atoms with Gasteiger partial charge in [-0.05, 0) is 23.6 Å². The van der Waals surface area contributed by atoms with E-state index < -0.39 is 0 Å². The number of likely N-dealkylation sites (N-methyl/N-ethyl adjacent to an activating group) is 1. The van der Waals surface area contributed by atoms with E-state index in [9.17, 15) is 4.79 Å². The Hall–Kier alpha value is -2.01. The van der Waals surface area contributed by atoms with Gasteiger partial charge in [0.25, 0.3) is 0 Å². The zero-order valence-electron chi connectivity index (χ0n) is 11.2. The molecule has 0 spiro atoms. The molecule has 2 aromatic rings. The van der Waals surface area contributed by atoms with Crippen LogP contribution in [0.25, 0.3) is 10.9 Å². The van der Waals surface area contributed by atoms with E-state index in [1.807, 2.05) is 35.0 Å². The molecular formula is C14H18N2O3. The number of amides is 1. The number of hydrogen-bond acceptors (Lipinski definition) is 3. The molecule has 1 heterocycles. The summed E-state index contributed by atoms with van der Waals surface area (Å²) in [6.07, 6.45) is 1.90. The first-order valence-corrected chi connectivity index (χ1v) is 6.16. The molecule has 0 bridgehead atoms. The number of fused-ring (bicyclic) bond motifs is 1. The smallest absolute Gasteiger partial charge is 0.239 e. The topological polar surface area (TPSA) is 52.5 Å². The molecule has 0 fully saturated rings. The van der Waals surface area contributed by atoms with Crippen LogP contribution in [0.1, 0.15) is 0 Å². The number of aromatic nitrogens is 1. The van der Waals surface area contributed by atoms with Crippen molar-refractivity contribution in [2.24, 2.45) is 0 Å². The molecule has 0 unspecified atom stereocenters. The van der Waals surface area contributed by atoms with Gasteiger partial charge >= 0.3 is 0 Å². The van der Waals surface area contributed by atoms with Crippen molar-refractivity contribution < 1.29 is 14.3 Å². The predicted molar refractivity (Wildman–Crippen MR) is 73.4 cm³/mol. The standard InChI is InChI=1S/C14H18N2O3/c1-15-14(17)10-16-6-5-11-3-4-12(9-13(11)16)19-8-7-18-2/h3-6,9H,7-8,10H2,1-2H3,(H,15,17). The van der Waals surface area contributed by atoms with Gasteiger partial charge in [-0.25, -0.2) is 0 Å². The fourth-order valence-electron chi connectivity index (χ4n) is 1.87. The molecule has 0 aliphatic carbocycles. The summed E-state index contributed by atoms with van der Waals surface area (Å²) in [5.41, 5.74) is 0.985. The van der Waals surface area contributed by atoms with Gasteiger partial charge in [0.15, 0.2) is 0 Å². The Balaban J connectivity index is 2.19. The van der Waals surface area contributed by atoms with E-state index in [1.54, 1.807) is 14.2 Å². The van der Waals surface area contributed by atoms with E-state index in [0.717, 1.165) is 16.7 Å².